The van der Waals surface area contributed by atoms with Gasteiger partial charge in [0.1, 0.15) is 0 Å². The Kier molecular flexibility index (Phi) is 3.03. The number of nitrogens with two attached hydrogens (primary N) is 3. The highest BCUT2D eigenvalue weighted by molar-refractivity contribution is 7.15. The number of hydrogen-bond acceptors (Lipinski definition) is 5. The number of nitrogen functional groups attached to an aromatic ring is 1. The van der Waals surface area contributed by atoms with Crippen molar-refractivity contribution in [1.29, 1.82) is 0 Å². The van der Waals surface area contributed by atoms with E-state index in [2.05, 4.69) is 4.98 Å². The standard InChI is InChI=1S/C7H10N4O2S/c8-5(12)1-3-4(2-6(9)13)14-7(10)11-3/h1-2H2,(H2,8,12)(H2,9,13)(H2,10,11). The largest absolute Gasteiger partial charge is 0.375 e. The Balaban J connectivity index is 2.90. The van der Waals surface area contributed by atoms with E-state index < -0.39 is 11.8 Å². The first kappa shape index (κ1) is 10.5. The molecule has 1 aromatic rings. The van der Waals surface area contributed by atoms with Crippen LogP contribution in [0.3, 0.4) is 0 Å². The molecule has 0 fully saturated rings. The molecule has 0 aliphatic carbocycles. The predicted molar refractivity (Wildman–Crippen MR) is 52.3 cm³/mol. The molecule has 0 radical (unpaired) electrons. The molecule has 0 atom stereocenters. The Labute approximate surface area is 84.1 Å². The lowest BCUT2D eigenvalue weighted by molar-refractivity contribution is -0.118. The minimum atomic E-state index is -0.513. The monoisotopic (exact) mass is 214 g/mol. The van der Waals surface area contributed by atoms with E-state index in [-0.39, 0.29) is 12.8 Å². The Morgan fingerprint density at radius 2 is 1.79 bits per heavy atom. The molecule has 6 nitrogen and oxygen atoms in total. The maximum absolute atomic E-state index is 10.7. The fraction of sp³-hybridized carbons (Fsp3) is 0.286. The van der Waals surface area contributed by atoms with Crippen LogP contribution in [0.15, 0.2) is 0 Å². The third kappa shape index (κ3) is 2.70. The second-order valence-corrected chi connectivity index (χ2v) is 3.82. The van der Waals surface area contributed by atoms with Crippen molar-refractivity contribution in [1.82, 2.24) is 4.98 Å². The van der Waals surface area contributed by atoms with Crippen LogP contribution in [0.1, 0.15) is 10.6 Å². The average Bonchev–Trinajstić information content (AvgIpc) is 2.28. The van der Waals surface area contributed by atoms with E-state index in [1.165, 1.54) is 0 Å². The van der Waals surface area contributed by atoms with E-state index in [9.17, 15) is 9.59 Å². The van der Waals surface area contributed by atoms with Gasteiger partial charge in [-0.2, -0.15) is 0 Å². The maximum Gasteiger partial charge on any atom is 0.223 e. The number of hydrogen-bond donors (Lipinski definition) is 3. The molecular formula is C7H10N4O2S. The number of primary amides is 2. The molecular weight excluding hydrogens is 204 g/mol. The molecule has 2 amide bonds. The summed E-state index contributed by atoms with van der Waals surface area (Å²) in [7, 11) is 0. The third-order valence-electron chi connectivity index (χ3n) is 1.47. The number of carbonyl (C=O) groups is 2. The van der Waals surface area contributed by atoms with Crippen LogP contribution in [0.5, 0.6) is 0 Å². The summed E-state index contributed by atoms with van der Waals surface area (Å²) in [6, 6.07) is 0. The van der Waals surface area contributed by atoms with E-state index >= 15 is 0 Å². The Hall–Kier alpha value is -1.63. The van der Waals surface area contributed by atoms with E-state index in [0.717, 1.165) is 11.3 Å². The first-order valence-electron chi connectivity index (χ1n) is 3.79. The van der Waals surface area contributed by atoms with Crippen molar-refractivity contribution in [2.45, 2.75) is 12.8 Å². The zero-order valence-electron chi connectivity index (χ0n) is 7.32. The van der Waals surface area contributed by atoms with Crippen molar-refractivity contribution >= 4 is 28.3 Å². The molecule has 0 aromatic carbocycles. The first-order chi connectivity index (χ1) is 6.49. The second kappa shape index (κ2) is 4.05. The third-order valence-corrected chi connectivity index (χ3v) is 2.40. The van der Waals surface area contributed by atoms with Gasteiger partial charge >= 0.3 is 0 Å². The number of nitrogens with zero attached hydrogens (tertiary/aromatic N) is 1. The molecule has 76 valence electrons. The molecule has 14 heavy (non-hydrogen) atoms. The number of anilines is 1. The van der Waals surface area contributed by atoms with Gasteiger partial charge in [-0.1, -0.05) is 0 Å². The summed E-state index contributed by atoms with van der Waals surface area (Å²) >= 11 is 1.14. The van der Waals surface area contributed by atoms with Gasteiger partial charge in [0.25, 0.3) is 0 Å². The van der Waals surface area contributed by atoms with Crippen LogP contribution >= 0.6 is 11.3 Å². The molecule has 7 heteroatoms. The fourth-order valence-corrected chi connectivity index (χ4v) is 1.86. The molecule has 0 saturated heterocycles. The lowest BCUT2D eigenvalue weighted by Crippen LogP contribution is -2.17. The van der Waals surface area contributed by atoms with Gasteiger partial charge < -0.3 is 17.2 Å². The predicted octanol–water partition coefficient (Wildman–Crippen LogP) is -1.22. The van der Waals surface area contributed by atoms with Crippen LogP contribution in [-0.4, -0.2) is 16.8 Å². The van der Waals surface area contributed by atoms with Crippen LogP contribution < -0.4 is 17.2 Å². The Bertz CT molecular complexity index is 340. The van der Waals surface area contributed by atoms with Crippen LogP contribution in [0, 0.1) is 0 Å². The lowest BCUT2D eigenvalue weighted by Gasteiger charge is -1.95. The normalized spacial score (nSPS) is 10.0. The molecule has 0 saturated carbocycles. The topological polar surface area (TPSA) is 125 Å². The lowest BCUT2D eigenvalue weighted by atomic mass is 10.2. The first-order valence-corrected chi connectivity index (χ1v) is 4.61. The van der Waals surface area contributed by atoms with Crippen molar-refractivity contribution in [2.24, 2.45) is 11.5 Å². The van der Waals surface area contributed by atoms with Crippen LogP contribution in [-0.2, 0) is 22.4 Å². The number of amides is 2. The zero-order chi connectivity index (χ0) is 10.7. The van der Waals surface area contributed by atoms with Crippen molar-refractivity contribution in [3.63, 3.8) is 0 Å². The van der Waals surface area contributed by atoms with Crippen LogP contribution in [0.4, 0.5) is 5.13 Å². The molecule has 0 spiro atoms. The molecule has 0 aliphatic rings. The number of thiazole rings is 1. The summed E-state index contributed by atoms with van der Waals surface area (Å²) in [5, 5.41) is 0.303. The van der Waals surface area contributed by atoms with Gasteiger partial charge in [-0.15, -0.1) is 11.3 Å². The fourth-order valence-electron chi connectivity index (χ4n) is 1.00. The summed E-state index contributed by atoms with van der Waals surface area (Å²) in [4.78, 5) is 25.8. The summed E-state index contributed by atoms with van der Waals surface area (Å²) in [5.41, 5.74) is 15.9. The molecule has 1 rings (SSSR count). The van der Waals surface area contributed by atoms with Crippen LogP contribution in [0.25, 0.3) is 0 Å². The average molecular weight is 214 g/mol. The molecule has 0 unspecified atom stereocenters. The Morgan fingerprint density at radius 1 is 1.21 bits per heavy atom. The van der Waals surface area contributed by atoms with Gasteiger partial charge in [-0.25, -0.2) is 4.98 Å². The second-order valence-electron chi connectivity index (χ2n) is 2.71. The Morgan fingerprint density at radius 3 is 2.29 bits per heavy atom. The number of rotatable bonds is 4. The molecule has 1 heterocycles. The molecule has 1 aromatic heterocycles. The van der Waals surface area contributed by atoms with Gasteiger partial charge in [-0.05, 0) is 0 Å². The van der Waals surface area contributed by atoms with Crippen molar-refractivity contribution < 1.29 is 9.59 Å². The van der Waals surface area contributed by atoms with Crippen molar-refractivity contribution in [2.75, 3.05) is 5.73 Å². The van der Waals surface area contributed by atoms with Gasteiger partial charge in [0.05, 0.1) is 18.5 Å². The summed E-state index contributed by atoms with van der Waals surface area (Å²) in [5.74, 6) is -1.000. The van der Waals surface area contributed by atoms with Gasteiger partial charge in [0, 0.05) is 4.88 Å². The van der Waals surface area contributed by atoms with Crippen LogP contribution in [0.2, 0.25) is 0 Å². The van der Waals surface area contributed by atoms with E-state index in [4.69, 9.17) is 17.2 Å². The molecule has 0 aliphatic heterocycles. The van der Waals surface area contributed by atoms with Crippen molar-refractivity contribution in [3.05, 3.63) is 10.6 Å². The quantitative estimate of drug-likeness (QED) is 0.580. The van der Waals surface area contributed by atoms with Crippen molar-refractivity contribution in [3.8, 4) is 0 Å². The summed E-state index contributed by atoms with van der Waals surface area (Å²) in [6.07, 6.45) is 0.0216. The highest BCUT2D eigenvalue weighted by Gasteiger charge is 2.13. The van der Waals surface area contributed by atoms with Gasteiger partial charge in [0.15, 0.2) is 5.13 Å². The minimum absolute atomic E-state index is 0.0175. The highest BCUT2D eigenvalue weighted by atomic mass is 32.1. The SMILES string of the molecule is NC(=O)Cc1nc(N)sc1CC(N)=O. The highest BCUT2D eigenvalue weighted by Crippen LogP contribution is 2.21. The maximum atomic E-state index is 10.7. The minimum Gasteiger partial charge on any atom is -0.375 e. The number of aromatic nitrogens is 1. The zero-order valence-corrected chi connectivity index (χ0v) is 8.13. The summed E-state index contributed by atoms with van der Waals surface area (Å²) in [6.45, 7) is 0. The smallest absolute Gasteiger partial charge is 0.223 e. The molecule has 6 N–H and O–H groups in total. The van der Waals surface area contributed by atoms with E-state index in [1.54, 1.807) is 0 Å². The number of carbonyl (C=O) groups excluding carboxylic acids is 2. The summed E-state index contributed by atoms with van der Waals surface area (Å²) < 4.78 is 0. The van der Waals surface area contributed by atoms with E-state index in [1.807, 2.05) is 0 Å². The van der Waals surface area contributed by atoms with Gasteiger partial charge in [0.2, 0.25) is 11.8 Å². The molecule has 0 bridgehead atoms. The van der Waals surface area contributed by atoms with E-state index in [0.29, 0.717) is 15.7 Å². The van der Waals surface area contributed by atoms with Gasteiger partial charge in [-0.3, -0.25) is 9.59 Å².